The number of hydrogen-bond donors (Lipinski definition) is 0. The van der Waals surface area contributed by atoms with Gasteiger partial charge in [0.05, 0.1) is 6.04 Å². The molecular weight excluding hydrogens is 246 g/mol. The van der Waals surface area contributed by atoms with E-state index in [-0.39, 0.29) is 12.1 Å². The maximum Gasteiger partial charge on any atom is 0.217 e. The normalized spacial score (nSPS) is 21.1. The molecule has 1 heterocycles. The first-order valence-corrected chi connectivity index (χ1v) is 6.83. The largest absolute Gasteiger partial charge is 0.468 e. The van der Waals surface area contributed by atoms with Crippen LogP contribution in [0.4, 0.5) is 0 Å². The summed E-state index contributed by atoms with van der Waals surface area (Å²) in [6, 6.07) is 20.5. The molecule has 0 unspecified atom stereocenters. The molecule has 0 spiro atoms. The first-order valence-electron chi connectivity index (χ1n) is 6.83. The van der Waals surface area contributed by atoms with E-state index in [0.29, 0.717) is 0 Å². The van der Waals surface area contributed by atoms with Crippen LogP contribution in [0.1, 0.15) is 11.1 Å². The van der Waals surface area contributed by atoms with Crippen molar-refractivity contribution in [2.45, 2.75) is 18.6 Å². The number of benzene rings is 2. The number of nitrogens with zero attached hydrogens (tertiary/aromatic N) is 1. The van der Waals surface area contributed by atoms with Crippen molar-refractivity contribution in [3.05, 3.63) is 84.4 Å². The van der Waals surface area contributed by atoms with E-state index >= 15 is 0 Å². The van der Waals surface area contributed by atoms with E-state index < -0.39 is 0 Å². The second-order valence-corrected chi connectivity index (χ2v) is 4.88. The lowest BCUT2D eigenvalue weighted by Gasteiger charge is -2.13. The summed E-state index contributed by atoms with van der Waals surface area (Å²) >= 11 is 0. The van der Waals surface area contributed by atoms with Gasteiger partial charge >= 0.3 is 0 Å². The van der Waals surface area contributed by atoms with Crippen LogP contribution in [0.3, 0.4) is 0 Å². The second kappa shape index (κ2) is 5.74. The van der Waals surface area contributed by atoms with Gasteiger partial charge in [0, 0.05) is 5.56 Å². The van der Waals surface area contributed by atoms with Crippen molar-refractivity contribution in [3.8, 4) is 0 Å². The Bertz CT molecular complexity index is 604. The highest BCUT2D eigenvalue weighted by Gasteiger charge is 2.29. The fourth-order valence-corrected chi connectivity index (χ4v) is 2.41. The molecule has 100 valence electrons. The Kier molecular flexibility index (Phi) is 3.64. The van der Waals surface area contributed by atoms with Crippen molar-refractivity contribution in [1.82, 2.24) is 0 Å². The van der Waals surface area contributed by atoms with Gasteiger partial charge in [0.1, 0.15) is 6.10 Å². The van der Waals surface area contributed by atoms with Gasteiger partial charge in [-0.3, -0.25) is 0 Å². The van der Waals surface area contributed by atoms with Crippen LogP contribution in [0, 0.1) is 0 Å². The van der Waals surface area contributed by atoms with E-state index in [9.17, 15) is 0 Å². The second-order valence-electron chi connectivity index (χ2n) is 4.88. The monoisotopic (exact) mass is 263 g/mol. The Labute approximate surface area is 119 Å². The number of ether oxygens (including phenoxy) is 1. The van der Waals surface area contributed by atoms with Crippen LogP contribution in [0.2, 0.25) is 0 Å². The Balaban J connectivity index is 1.82. The van der Waals surface area contributed by atoms with Gasteiger partial charge < -0.3 is 4.74 Å². The van der Waals surface area contributed by atoms with E-state index in [1.165, 1.54) is 5.56 Å². The van der Waals surface area contributed by atoms with Gasteiger partial charge in [-0.15, -0.1) is 0 Å². The fourth-order valence-electron chi connectivity index (χ4n) is 2.41. The van der Waals surface area contributed by atoms with Crippen LogP contribution in [0.15, 0.2) is 78.3 Å². The quantitative estimate of drug-likeness (QED) is 0.772. The minimum absolute atomic E-state index is 0.0505. The van der Waals surface area contributed by atoms with Crippen LogP contribution >= 0.6 is 0 Å². The minimum Gasteiger partial charge on any atom is -0.468 e. The fraction of sp³-hybridized carbons (Fsp3) is 0.167. The summed E-state index contributed by atoms with van der Waals surface area (Å²) < 4.78 is 5.91. The van der Waals surface area contributed by atoms with Crippen molar-refractivity contribution in [2.24, 2.45) is 4.99 Å². The summed E-state index contributed by atoms with van der Waals surface area (Å²) in [7, 11) is 0. The first-order chi connectivity index (χ1) is 9.86. The van der Waals surface area contributed by atoms with E-state index in [2.05, 4.69) is 30.8 Å². The maximum atomic E-state index is 5.91. The zero-order valence-electron chi connectivity index (χ0n) is 11.3. The molecule has 3 rings (SSSR count). The van der Waals surface area contributed by atoms with E-state index in [1.807, 2.05) is 42.5 Å². The summed E-state index contributed by atoms with van der Waals surface area (Å²) in [5.41, 5.74) is 2.29. The molecule has 0 bridgehead atoms. The summed E-state index contributed by atoms with van der Waals surface area (Å²) in [6.07, 6.45) is 2.66. The van der Waals surface area contributed by atoms with Crippen molar-refractivity contribution in [1.29, 1.82) is 0 Å². The molecule has 0 aliphatic carbocycles. The molecule has 2 heteroatoms. The molecular formula is C18H17NO. The lowest BCUT2D eigenvalue weighted by Crippen LogP contribution is -2.22. The van der Waals surface area contributed by atoms with Gasteiger partial charge in [0.15, 0.2) is 0 Å². The summed E-state index contributed by atoms with van der Waals surface area (Å²) in [6.45, 7) is 3.86. The smallest absolute Gasteiger partial charge is 0.217 e. The predicted octanol–water partition coefficient (Wildman–Crippen LogP) is 3.63. The third-order valence-corrected chi connectivity index (χ3v) is 3.45. The molecule has 0 saturated carbocycles. The lowest BCUT2D eigenvalue weighted by atomic mass is 10.0. The van der Waals surface area contributed by atoms with Gasteiger partial charge in [-0.1, -0.05) is 55.1 Å². The van der Waals surface area contributed by atoms with E-state index in [0.717, 1.165) is 17.9 Å². The van der Waals surface area contributed by atoms with Gasteiger partial charge in [0.25, 0.3) is 0 Å². The third-order valence-electron chi connectivity index (χ3n) is 3.45. The first kappa shape index (κ1) is 12.7. The summed E-state index contributed by atoms with van der Waals surface area (Å²) in [5, 5.41) is 0. The Morgan fingerprint density at radius 3 is 2.30 bits per heavy atom. The van der Waals surface area contributed by atoms with Crippen LogP contribution in [0.25, 0.3) is 0 Å². The Hall–Kier alpha value is -2.35. The Morgan fingerprint density at radius 2 is 1.65 bits per heavy atom. The molecule has 2 nitrogen and oxygen atoms in total. The van der Waals surface area contributed by atoms with Gasteiger partial charge in [-0.2, -0.15) is 0 Å². The number of rotatable bonds is 4. The van der Waals surface area contributed by atoms with Gasteiger partial charge in [-0.25, -0.2) is 4.99 Å². The number of hydrogen-bond acceptors (Lipinski definition) is 2. The van der Waals surface area contributed by atoms with Gasteiger partial charge in [0.2, 0.25) is 5.90 Å². The maximum absolute atomic E-state index is 5.91. The van der Waals surface area contributed by atoms with Crippen molar-refractivity contribution >= 4 is 5.90 Å². The minimum atomic E-state index is -0.0505. The standard InChI is InChI=1S/C18H17NO/c1-2-17-16(13-14-9-5-3-6-10-14)19-18(20-17)15-11-7-4-8-12-15/h2-12,16-17H,1,13H2/t16-,17-/m1/s1. The third kappa shape index (κ3) is 2.64. The molecule has 0 amide bonds. The Morgan fingerprint density at radius 1 is 1.00 bits per heavy atom. The average molecular weight is 263 g/mol. The molecule has 2 aromatic rings. The zero-order valence-corrected chi connectivity index (χ0v) is 11.3. The highest BCUT2D eigenvalue weighted by atomic mass is 16.5. The van der Waals surface area contributed by atoms with Crippen LogP contribution in [-0.2, 0) is 11.2 Å². The SMILES string of the molecule is C=C[C@H]1OC(c2ccccc2)=N[C@@H]1Cc1ccccc1. The summed E-state index contributed by atoms with van der Waals surface area (Å²) in [5.74, 6) is 0.719. The lowest BCUT2D eigenvalue weighted by molar-refractivity contribution is 0.241. The molecule has 0 radical (unpaired) electrons. The highest BCUT2D eigenvalue weighted by Crippen LogP contribution is 2.22. The van der Waals surface area contributed by atoms with Crippen LogP contribution in [0.5, 0.6) is 0 Å². The topological polar surface area (TPSA) is 21.6 Å². The number of aliphatic imine (C=N–C) groups is 1. The van der Waals surface area contributed by atoms with Crippen molar-refractivity contribution < 1.29 is 4.74 Å². The van der Waals surface area contributed by atoms with Crippen molar-refractivity contribution in [3.63, 3.8) is 0 Å². The molecule has 2 aromatic carbocycles. The molecule has 1 aliphatic rings. The van der Waals surface area contributed by atoms with Crippen molar-refractivity contribution in [2.75, 3.05) is 0 Å². The van der Waals surface area contributed by atoms with Gasteiger partial charge in [-0.05, 0) is 30.2 Å². The zero-order chi connectivity index (χ0) is 13.8. The molecule has 0 aromatic heterocycles. The molecule has 0 fully saturated rings. The van der Waals surface area contributed by atoms with E-state index in [4.69, 9.17) is 9.73 Å². The van der Waals surface area contributed by atoms with E-state index in [1.54, 1.807) is 0 Å². The van der Waals surface area contributed by atoms with Crippen LogP contribution < -0.4 is 0 Å². The predicted molar refractivity (Wildman–Crippen MR) is 82.0 cm³/mol. The molecule has 1 aliphatic heterocycles. The molecule has 20 heavy (non-hydrogen) atoms. The molecule has 0 N–H and O–H groups in total. The van der Waals surface area contributed by atoms with Crippen LogP contribution in [-0.4, -0.2) is 18.0 Å². The summed E-state index contributed by atoms with van der Waals surface area (Å²) in [4.78, 5) is 4.73. The molecule has 0 saturated heterocycles. The highest BCUT2D eigenvalue weighted by molar-refractivity contribution is 5.95. The molecule has 2 atom stereocenters. The average Bonchev–Trinajstić information content (AvgIpc) is 2.92.